The minimum Gasteiger partial charge on any atom is -0.375 e. The minimum atomic E-state index is -0.0174. The van der Waals surface area contributed by atoms with Gasteiger partial charge in [-0.2, -0.15) is 0 Å². The molecule has 11 aliphatic rings. The van der Waals surface area contributed by atoms with Crippen molar-refractivity contribution in [3.8, 4) is 22.3 Å². The predicted octanol–water partition coefficient (Wildman–Crippen LogP) is 17.9. The molecule has 0 spiro atoms. The van der Waals surface area contributed by atoms with Gasteiger partial charge in [0, 0.05) is 63.6 Å². The van der Waals surface area contributed by atoms with E-state index in [2.05, 4.69) is 176 Å². The summed E-state index contributed by atoms with van der Waals surface area (Å²) in [6.45, 7) is 7.07. The van der Waals surface area contributed by atoms with Gasteiger partial charge >= 0.3 is 6.85 Å². The maximum atomic E-state index is 2.91. The number of nitrogens with zero attached hydrogens (tertiary/aromatic N) is 2. The van der Waals surface area contributed by atoms with E-state index in [4.69, 9.17) is 0 Å². The molecule has 0 unspecified atom stereocenters. The smallest absolute Gasteiger partial charge is 0.333 e. The van der Waals surface area contributed by atoms with Crippen molar-refractivity contribution in [1.82, 2.24) is 4.48 Å². The van der Waals surface area contributed by atoms with Gasteiger partial charge in [-0.15, -0.1) is 0 Å². The minimum absolute atomic E-state index is 0.0135. The highest BCUT2D eigenvalue weighted by Crippen LogP contribution is 2.64. The molecule has 0 radical (unpaired) electrons. The van der Waals surface area contributed by atoms with Crippen molar-refractivity contribution in [3.63, 3.8) is 0 Å². The first-order valence-corrected chi connectivity index (χ1v) is 30.6. The summed E-state index contributed by atoms with van der Waals surface area (Å²) in [6, 6.07) is 58.8. The fourth-order valence-corrected chi connectivity index (χ4v) is 21.4. The van der Waals surface area contributed by atoms with Crippen LogP contribution in [0.5, 0.6) is 0 Å². The largest absolute Gasteiger partial charge is 0.375 e. The van der Waals surface area contributed by atoms with Gasteiger partial charge in [0.2, 0.25) is 0 Å². The van der Waals surface area contributed by atoms with Gasteiger partial charge in [-0.3, -0.25) is 0 Å². The van der Waals surface area contributed by atoms with Crippen molar-refractivity contribution in [2.24, 2.45) is 35.5 Å². The van der Waals surface area contributed by atoms with Crippen molar-refractivity contribution in [3.05, 3.63) is 162 Å². The Kier molecular flexibility index (Phi) is 8.76. The van der Waals surface area contributed by atoms with E-state index in [1.807, 2.05) is 23.5 Å². The molecule has 8 saturated carbocycles. The number of anilines is 3. The van der Waals surface area contributed by atoms with E-state index < -0.39 is 0 Å². The van der Waals surface area contributed by atoms with Gasteiger partial charge in [0.25, 0.3) is 0 Å². The molecule has 0 atom stereocenters. The van der Waals surface area contributed by atoms with Gasteiger partial charge in [0.1, 0.15) is 0 Å². The van der Waals surface area contributed by atoms with E-state index in [1.54, 1.807) is 11.1 Å². The van der Waals surface area contributed by atoms with Crippen molar-refractivity contribution in [1.29, 1.82) is 0 Å². The molecule has 75 heavy (non-hydrogen) atoms. The van der Waals surface area contributed by atoms with E-state index in [9.17, 15) is 0 Å². The first-order valence-electron chi connectivity index (χ1n) is 28.9. The second-order valence-corrected chi connectivity index (χ2v) is 29.1. The SMILES string of the molecule is CC(C)(C)c1ccc(N2c3cc4c(cc3B3c5c(cc6ccccc6c52)-c2cc(C56CC7CC(CC(C7)C5)C6)cc5c6cc(C78CC9CC(CC(C9)C7)C8)ccc6n3c25)Sc2ccccc2S4)c(-c2ccccc2)c1. The zero-order chi connectivity index (χ0) is 49.3. The fourth-order valence-electron chi connectivity index (χ4n) is 19.1. The first-order chi connectivity index (χ1) is 36.6. The van der Waals surface area contributed by atoms with Gasteiger partial charge < -0.3 is 9.38 Å². The second kappa shape index (κ2) is 15.1. The number of aromatic nitrogens is 1. The first kappa shape index (κ1) is 43.5. The summed E-state index contributed by atoms with van der Waals surface area (Å²) in [4.78, 5) is 8.18. The molecule has 20 rings (SSSR count). The molecule has 8 fully saturated rings. The van der Waals surface area contributed by atoms with Crippen LogP contribution in [0.3, 0.4) is 0 Å². The molecule has 0 N–H and O–H groups in total. The Bertz CT molecular complexity index is 3920. The fraction of sp³-hybridized carbons (Fsp3) is 0.343. The van der Waals surface area contributed by atoms with Crippen molar-refractivity contribution in [2.75, 3.05) is 4.90 Å². The Balaban J connectivity index is 0.965. The summed E-state index contributed by atoms with van der Waals surface area (Å²) in [6.07, 6.45) is 17.1. The molecule has 2 nitrogen and oxygen atoms in total. The monoisotopic (exact) mass is 1010 g/mol. The third kappa shape index (κ3) is 6.09. The zero-order valence-corrected chi connectivity index (χ0v) is 45.2. The van der Waals surface area contributed by atoms with E-state index in [1.165, 1.54) is 185 Å². The van der Waals surface area contributed by atoms with Crippen molar-refractivity contribution >= 4 is 90.9 Å². The summed E-state index contributed by atoms with van der Waals surface area (Å²) in [7, 11) is 0. The Morgan fingerprint density at radius 2 is 1.08 bits per heavy atom. The van der Waals surface area contributed by atoms with Gasteiger partial charge in [-0.1, -0.05) is 123 Å². The third-order valence-electron chi connectivity index (χ3n) is 21.4. The van der Waals surface area contributed by atoms with Crippen LogP contribution in [-0.4, -0.2) is 11.3 Å². The van der Waals surface area contributed by atoms with Crippen molar-refractivity contribution in [2.45, 2.75) is 134 Å². The number of benzene rings is 8. The molecule has 5 heteroatoms. The lowest BCUT2D eigenvalue weighted by Gasteiger charge is -2.57. The Morgan fingerprint density at radius 3 is 1.75 bits per heavy atom. The average molecular weight is 1010 g/mol. The van der Waals surface area contributed by atoms with Gasteiger partial charge in [0.15, 0.2) is 0 Å². The average Bonchev–Trinajstić information content (AvgIpc) is 3.83. The Hall–Kier alpha value is -5.62. The predicted molar refractivity (Wildman–Crippen MR) is 316 cm³/mol. The summed E-state index contributed by atoms with van der Waals surface area (Å²) < 4.78 is 2.91. The quantitative estimate of drug-likeness (QED) is 0.163. The molecule has 8 bridgehead atoms. The number of rotatable bonds is 4. The second-order valence-electron chi connectivity index (χ2n) is 26.9. The molecule has 4 heterocycles. The van der Waals surface area contributed by atoms with Gasteiger partial charge in [0.05, 0.1) is 11.4 Å². The van der Waals surface area contributed by atoms with Crippen LogP contribution >= 0.6 is 23.5 Å². The molecule has 8 aromatic carbocycles. The molecule has 9 aromatic rings. The van der Waals surface area contributed by atoms with Crippen LogP contribution in [0.15, 0.2) is 165 Å². The van der Waals surface area contributed by atoms with Crippen LogP contribution in [0.25, 0.3) is 54.8 Å². The summed E-state index contributed by atoms with van der Waals surface area (Å²) >= 11 is 3.92. The van der Waals surface area contributed by atoms with Crippen LogP contribution in [-0.2, 0) is 16.2 Å². The highest BCUT2D eigenvalue weighted by Gasteiger charge is 2.54. The number of hydrogen-bond acceptors (Lipinski definition) is 3. The highest BCUT2D eigenvalue weighted by molar-refractivity contribution is 8.05. The summed E-state index contributed by atoms with van der Waals surface area (Å²) in [5, 5.41) is 5.68. The molecule has 3 aliphatic heterocycles. The van der Waals surface area contributed by atoms with E-state index in [-0.39, 0.29) is 17.7 Å². The lowest BCUT2D eigenvalue weighted by molar-refractivity contribution is -0.00527. The molecule has 0 amide bonds. The van der Waals surface area contributed by atoms with Crippen LogP contribution in [0.1, 0.15) is 115 Å². The van der Waals surface area contributed by atoms with Crippen LogP contribution in [0.2, 0.25) is 0 Å². The van der Waals surface area contributed by atoms with Crippen LogP contribution in [0.4, 0.5) is 17.1 Å². The summed E-state index contributed by atoms with van der Waals surface area (Å²) in [5.41, 5.74) is 20.3. The van der Waals surface area contributed by atoms with Gasteiger partial charge in [-0.05, 0) is 240 Å². The van der Waals surface area contributed by atoms with E-state index in [0.29, 0.717) is 5.41 Å². The Morgan fingerprint density at radius 1 is 0.480 bits per heavy atom. The molecular weight excluding hydrogens is 944 g/mol. The molecule has 8 aliphatic carbocycles. The van der Waals surface area contributed by atoms with Gasteiger partial charge in [-0.25, -0.2) is 0 Å². The van der Waals surface area contributed by atoms with Crippen molar-refractivity contribution < 1.29 is 0 Å². The highest BCUT2D eigenvalue weighted by atomic mass is 32.2. The molecular formula is C70H63BN2S2. The maximum absolute atomic E-state index is 2.91. The van der Waals surface area contributed by atoms with E-state index in [0.717, 1.165) is 35.5 Å². The normalized spacial score (nSPS) is 28.0. The number of hydrogen-bond donors (Lipinski definition) is 0. The molecule has 1 aromatic heterocycles. The van der Waals surface area contributed by atoms with E-state index >= 15 is 0 Å². The lowest BCUT2D eigenvalue weighted by Crippen LogP contribution is -2.57. The third-order valence-corrected chi connectivity index (χ3v) is 23.9. The molecule has 368 valence electrons. The van der Waals surface area contributed by atoms with Crippen LogP contribution < -0.4 is 15.8 Å². The number of fused-ring (bicyclic) bond motifs is 11. The lowest BCUT2D eigenvalue weighted by atomic mass is 9.44. The standard InChI is InChI=1S/C70H63BN2S2/c1-68(2,3)48-17-19-58(52(28-48)46-11-5-4-6-12-46)72-60-33-64-63(74-61-15-9-10-16-62(61)75-64)32-57(60)71-65-54(27-47-13-7-8-14-51(47)67(65)72)56-31-50(70-37-43-24-44(38-70)26-45(25-43)39-70)30-55-53-29-49(18-20-59(53)73(71)66(55)56)69-34-40-21-41(35-69)23-42(22-40)36-69/h4-20,27-33,40-45H,21-26,34-39H2,1-3H3. The summed E-state index contributed by atoms with van der Waals surface area (Å²) in [5.74, 6) is 5.38. The molecule has 0 saturated heterocycles. The Labute approximate surface area is 451 Å². The maximum Gasteiger partial charge on any atom is 0.333 e. The zero-order valence-electron chi connectivity index (χ0n) is 43.6. The van der Waals surface area contributed by atoms with Crippen LogP contribution in [0, 0.1) is 35.5 Å². The topological polar surface area (TPSA) is 8.17 Å².